The third-order valence-electron chi connectivity index (χ3n) is 4.16. The van der Waals surface area contributed by atoms with Gasteiger partial charge < -0.3 is 11.1 Å². The molecule has 4 nitrogen and oxygen atoms in total. The van der Waals surface area contributed by atoms with E-state index in [9.17, 15) is 9.18 Å². The van der Waals surface area contributed by atoms with Gasteiger partial charge in [-0.1, -0.05) is 12.8 Å². The molecule has 6 heteroatoms. The minimum absolute atomic E-state index is 0.183. The molecule has 3 N–H and O–H groups in total. The zero-order valence-corrected chi connectivity index (χ0v) is 13.0. The summed E-state index contributed by atoms with van der Waals surface area (Å²) in [6, 6.07) is 6.10. The van der Waals surface area contributed by atoms with Crippen LogP contribution in [-0.2, 0) is 0 Å². The van der Waals surface area contributed by atoms with Crippen LogP contribution in [0.2, 0.25) is 0 Å². The Kier molecular flexibility index (Phi) is 4.22. The minimum Gasteiger partial charge on any atom is -0.344 e. The normalized spacial score (nSPS) is 16.6. The van der Waals surface area contributed by atoms with Gasteiger partial charge in [0.1, 0.15) is 16.5 Å². The van der Waals surface area contributed by atoms with Gasteiger partial charge in [0.25, 0.3) is 5.91 Å². The number of nitrogens with zero attached hydrogens (tertiary/aromatic N) is 1. The van der Waals surface area contributed by atoms with Crippen LogP contribution in [0.25, 0.3) is 10.6 Å². The van der Waals surface area contributed by atoms with Gasteiger partial charge >= 0.3 is 0 Å². The van der Waals surface area contributed by atoms with E-state index in [2.05, 4.69) is 10.3 Å². The van der Waals surface area contributed by atoms with E-state index in [1.165, 1.54) is 23.5 Å². The number of hydrogen-bond acceptors (Lipinski definition) is 4. The SMILES string of the molecule is NCC1(NC(=O)c2csc(-c3ccc(F)cc3)n2)CCCC1. The number of nitrogens with one attached hydrogen (secondary N) is 1. The van der Waals surface area contributed by atoms with Crippen LogP contribution in [0.4, 0.5) is 4.39 Å². The highest BCUT2D eigenvalue weighted by atomic mass is 32.1. The molecule has 1 aromatic heterocycles. The summed E-state index contributed by atoms with van der Waals surface area (Å²) < 4.78 is 13.0. The average Bonchev–Trinajstić information content (AvgIpc) is 3.18. The molecule has 2 aromatic rings. The molecular weight excluding hydrogens is 301 g/mol. The number of amides is 1. The Bertz CT molecular complexity index is 662. The Labute approximate surface area is 132 Å². The molecule has 0 radical (unpaired) electrons. The number of rotatable bonds is 4. The predicted molar refractivity (Wildman–Crippen MR) is 85.2 cm³/mol. The van der Waals surface area contributed by atoms with Crippen LogP contribution in [-0.4, -0.2) is 23.0 Å². The number of thiazole rings is 1. The Morgan fingerprint density at radius 1 is 1.32 bits per heavy atom. The Balaban J connectivity index is 1.75. The molecule has 1 saturated carbocycles. The summed E-state index contributed by atoms with van der Waals surface area (Å²) in [5, 5.41) is 5.49. The van der Waals surface area contributed by atoms with Gasteiger partial charge in [-0.15, -0.1) is 11.3 Å². The second-order valence-corrected chi connectivity index (χ2v) is 6.55. The summed E-state index contributed by atoms with van der Waals surface area (Å²) >= 11 is 1.38. The molecule has 0 saturated heterocycles. The van der Waals surface area contributed by atoms with Crippen molar-refractivity contribution in [3.05, 3.63) is 41.2 Å². The van der Waals surface area contributed by atoms with Crippen molar-refractivity contribution in [1.82, 2.24) is 10.3 Å². The van der Waals surface area contributed by atoms with E-state index < -0.39 is 0 Å². The lowest BCUT2D eigenvalue weighted by Crippen LogP contribution is -2.51. The van der Waals surface area contributed by atoms with Crippen molar-refractivity contribution >= 4 is 17.2 Å². The molecule has 0 atom stereocenters. The lowest BCUT2D eigenvalue weighted by molar-refractivity contribution is 0.0898. The Hall–Kier alpha value is -1.79. The summed E-state index contributed by atoms with van der Waals surface area (Å²) in [5.41, 5.74) is 6.75. The van der Waals surface area contributed by atoms with E-state index in [0.717, 1.165) is 31.2 Å². The van der Waals surface area contributed by atoms with Crippen molar-refractivity contribution in [3.8, 4) is 10.6 Å². The fourth-order valence-electron chi connectivity index (χ4n) is 2.84. The smallest absolute Gasteiger partial charge is 0.271 e. The van der Waals surface area contributed by atoms with Gasteiger partial charge in [-0.2, -0.15) is 0 Å². The summed E-state index contributed by atoms with van der Waals surface area (Å²) in [6.07, 6.45) is 4.03. The number of carbonyl (C=O) groups excluding carboxylic acids is 1. The molecule has 0 aliphatic heterocycles. The van der Waals surface area contributed by atoms with E-state index in [4.69, 9.17) is 5.73 Å². The van der Waals surface area contributed by atoms with E-state index in [-0.39, 0.29) is 17.3 Å². The van der Waals surface area contributed by atoms with Gasteiger partial charge in [-0.3, -0.25) is 4.79 Å². The first-order valence-electron chi connectivity index (χ1n) is 7.36. The van der Waals surface area contributed by atoms with Crippen molar-refractivity contribution < 1.29 is 9.18 Å². The Morgan fingerprint density at radius 2 is 2.00 bits per heavy atom. The molecule has 22 heavy (non-hydrogen) atoms. The molecule has 1 aromatic carbocycles. The maximum Gasteiger partial charge on any atom is 0.271 e. The standard InChI is InChI=1S/C16H18FN3OS/c17-12-5-3-11(4-6-12)15-19-13(9-22-15)14(21)20-16(10-18)7-1-2-8-16/h3-6,9H,1-2,7-8,10,18H2,(H,20,21). The highest BCUT2D eigenvalue weighted by molar-refractivity contribution is 7.13. The average molecular weight is 319 g/mol. The van der Waals surface area contributed by atoms with Crippen LogP contribution in [0.15, 0.2) is 29.6 Å². The highest BCUT2D eigenvalue weighted by Crippen LogP contribution is 2.29. The summed E-state index contributed by atoms with van der Waals surface area (Å²) in [7, 11) is 0. The van der Waals surface area contributed by atoms with Gasteiger partial charge in [0, 0.05) is 17.5 Å². The van der Waals surface area contributed by atoms with Crippen molar-refractivity contribution in [2.75, 3.05) is 6.54 Å². The zero-order valence-electron chi connectivity index (χ0n) is 12.1. The molecule has 0 unspecified atom stereocenters. The number of hydrogen-bond donors (Lipinski definition) is 2. The van der Waals surface area contributed by atoms with Gasteiger partial charge in [0.05, 0.1) is 5.54 Å². The summed E-state index contributed by atoms with van der Waals surface area (Å²) in [5.74, 6) is -0.471. The molecular formula is C16H18FN3OS. The molecule has 1 aliphatic carbocycles. The number of carbonyl (C=O) groups is 1. The molecule has 1 amide bonds. The molecule has 1 fully saturated rings. The predicted octanol–water partition coefficient (Wildman–Crippen LogP) is 2.95. The second-order valence-electron chi connectivity index (χ2n) is 5.69. The van der Waals surface area contributed by atoms with Crippen molar-refractivity contribution in [1.29, 1.82) is 0 Å². The van der Waals surface area contributed by atoms with Gasteiger partial charge in [0.15, 0.2) is 0 Å². The number of halogens is 1. The fraction of sp³-hybridized carbons (Fsp3) is 0.375. The first-order valence-corrected chi connectivity index (χ1v) is 8.24. The van der Waals surface area contributed by atoms with Crippen molar-refractivity contribution in [2.45, 2.75) is 31.2 Å². The largest absolute Gasteiger partial charge is 0.344 e. The van der Waals surface area contributed by atoms with Crippen LogP contribution in [0.3, 0.4) is 0 Å². The maximum atomic E-state index is 13.0. The quantitative estimate of drug-likeness (QED) is 0.910. The van der Waals surface area contributed by atoms with E-state index in [1.54, 1.807) is 17.5 Å². The monoisotopic (exact) mass is 319 g/mol. The molecule has 116 valence electrons. The molecule has 0 bridgehead atoms. The van der Waals surface area contributed by atoms with Gasteiger partial charge in [0.2, 0.25) is 0 Å². The minimum atomic E-state index is -0.288. The number of aromatic nitrogens is 1. The molecule has 1 aliphatic rings. The van der Waals surface area contributed by atoms with E-state index in [1.807, 2.05) is 0 Å². The van der Waals surface area contributed by atoms with Gasteiger partial charge in [-0.25, -0.2) is 9.37 Å². The first-order chi connectivity index (χ1) is 10.6. The number of benzene rings is 1. The molecule has 0 spiro atoms. The van der Waals surface area contributed by atoms with Crippen LogP contribution in [0.5, 0.6) is 0 Å². The van der Waals surface area contributed by atoms with Crippen LogP contribution in [0, 0.1) is 5.82 Å². The third-order valence-corrected chi connectivity index (χ3v) is 5.05. The summed E-state index contributed by atoms with van der Waals surface area (Å²) in [6.45, 7) is 0.452. The van der Waals surface area contributed by atoms with E-state index in [0.29, 0.717) is 17.2 Å². The van der Waals surface area contributed by atoms with Crippen molar-refractivity contribution in [2.24, 2.45) is 5.73 Å². The van der Waals surface area contributed by atoms with Crippen LogP contribution >= 0.6 is 11.3 Å². The van der Waals surface area contributed by atoms with Gasteiger partial charge in [-0.05, 0) is 37.1 Å². The van der Waals surface area contributed by atoms with E-state index >= 15 is 0 Å². The first kappa shape index (κ1) is 15.1. The highest BCUT2D eigenvalue weighted by Gasteiger charge is 2.34. The second kappa shape index (κ2) is 6.14. The lowest BCUT2D eigenvalue weighted by atomic mass is 9.98. The van der Waals surface area contributed by atoms with Crippen LogP contribution < -0.4 is 11.1 Å². The molecule has 1 heterocycles. The lowest BCUT2D eigenvalue weighted by Gasteiger charge is -2.28. The third kappa shape index (κ3) is 3.03. The van der Waals surface area contributed by atoms with Crippen molar-refractivity contribution in [3.63, 3.8) is 0 Å². The van der Waals surface area contributed by atoms with Crippen LogP contribution in [0.1, 0.15) is 36.2 Å². The Morgan fingerprint density at radius 3 is 2.64 bits per heavy atom. The fourth-order valence-corrected chi connectivity index (χ4v) is 3.65. The number of nitrogens with two attached hydrogens (primary N) is 1. The topological polar surface area (TPSA) is 68.0 Å². The molecule has 3 rings (SSSR count). The maximum absolute atomic E-state index is 13.0. The zero-order chi connectivity index (χ0) is 15.6. The summed E-state index contributed by atoms with van der Waals surface area (Å²) in [4.78, 5) is 16.7.